The summed E-state index contributed by atoms with van der Waals surface area (Å²) in [5.74, 6) is -0.484. The van der Waals surface area contributed by atoms with Gasteiger partial charge in [0.1, 0.15) is 0 Å². The third kappa shape index (κ3) is 3.77. The summed E-state index contributed by atoms with van der Waals surface area (Å²) in [5.41, 5.74) is -0.179. The highest BCUT2D eigenvalue weighted by Gasteiger charge is 2.20. The fraction of sp³-hybridized carbons (Fsp3) is 0.250. The molecule has 7 heteroatoms. The number of nitro groups is 1. The van der Waals surface area contributed by atoms with Crippen molar-refractivity contribution < 1.29 is 14.8 Å². The van der Waals surface area contributed by atoms with Crippen LogP contribution in [0.2, 0.25) is 5.02 Å². The van der Waals surface area contributed by atoms with E-state index in [1.54, 1.807) is 0 Å². The summed E-state index contributed by atoms with van der Waals surface area (Å²) in [6.07, 6.45) is 1.50. The zero-order chi connectivity index (χ0) is 14.4. The zero-order valence-corrected chi connectivity index (χ0v) is 10.8. The molecule has 0 bridgehead atoms. The number of hydrogen-bond donors (Lipinski definition) is 1. The number of nitrogens with zero attached hydrogens (tertiary/aromatic N) is 2. The Morgan fingerprint density at radius 2 is 2.26 bits per heavy atom. The normalized spacial score (nSPS) is 10.0. The van der Waals surface area contributed by atoms with Gasteiger partial charge in [-0.05, 0) is 6.07 Å². The van der Waals surface area contributed by atoms with Gasteiger partial charge in [-0.2, -0.15) is 0 Å². The number of non-ortho nitro benzene ring substituents is 1. The third-order valence-corrected chi connectivity index (χ3v) is 2.73. The number of aliphatic hydroxyl groups excluding tert-OH is 1. The lowest BCUT2D eigenvalue weighted by Crippen LogP contribution is -2.33. The predicted octanol–water partition coefficient (Wildman–Crippen LogP) is 1.87. The molecule has 1 rings (SSSR count). The number of hydrogen-bond acceptors (Lipinski definition) is 4. The van der Waals surface area contributed by atoms with Crippen LogP contribution in [-0.2, 0) is 0 Å². The van der Waals surface area contributed by atoms with Gasteiger partial charge in [0.05, 0.1) is 22.1 Å². The maximum absolute atomic E-state index is 12.2. The highest BCUT2D eigenvalue weighted by Crippen LogP contribution is 2.23. The Hall–Kier alpha value is -1.92. The van der Waals surface area contributed by atoms with Gasteiger partial charge in [0.15, 0.2) is 0 Å². The van der Waals surface area contributed by atoms with Crippen molar-refractivity contribution >= 4 is 23.2 Å². The van der Waals surface area contributed by atoms with Gasteiger partial charge in [0, 0.05) is 25.2 Å². The summed E-state index contributed by atoms with van der Waals surface area (Å²) < 4.78 is 0. The maximum Gasteiger partial charge on any atom is 0.270 e. The highest BCUT2D eigenvalue weighted by atomic mass is 35.5. The first-order valence-electron chi connectivity index (χ1n) is 5.46. The minimum Gasteiger partial charge on any atom is -0.395 e. The average Bonchev–Trinajstić information content (AvgIpc) is 2.38. The van der Waals surface area contributed by atoms with Crippen LogP contribution in [-0.4, -0.2) is 40.5 Å². The molecular weight excluding hydrogens is 272 g/mol. The van der Waals surface area contributed by atoms with Gasteiger partial charge in [-0.15, -0.1) is 6.58 Å². The van der Waals surface area contributed by atoms with Crippen LogP contribution in [0, 0.1) is 10.1 Å². The Balaban J connectivity index is 3.12. The number of nitro benzene ring substituents is 1. The molecule has 0 aromatic heterocycles. The average molecular weight is 285 g/mol. The van der Waals surface area contributed by atoms with Crippen molar-refractivity contribution in [2.24, 2.45) is 0 Å². The monoisotopic (exact) mass is 284 g/mol. The minimum atomic E-state index is -0.600. The van der Waals surface area contributed by atoms with E-state index in [1.807, 2.05) is 0 Å². The molecule has 1 amide bonds. The first-order valence-corrected chi connectivity index (χ1v) is 5.84. The van der Waals surface area contributed by atoms with Gasteiger partial charge in [0.2, 0.25) is 0 Å². The van der Waals surface area contributed by atoms with Crippen LogP contribution in [0.5, 0.6) is 0 Å². The zero-order valence-electron chi connectivity index (χ0n) is 10.1. The third-order valence-electron chi connectivity index (χ3n) is 2.40. The smallest absolute Gasteiger partial charge is 0.270 e. The Bertz CT molecular complexity index is 505. The molecule has 0 aliphatic heterocycles. The molecule has 0 aliphatic carbocycles. The van der Waals surface area contributed by atoms with E-state index in [0.29, 0.717) is 0 Å². The summed E-state index contributed by atoms with van der Waals surface area (Å²) in [4.78, 5) is 23.6. The standard InChI is InChI=1S/C12H13ClN2O4/c1-2-5-14(6-7-16)12(17)10-8-9(15(18)19)3-4-11(10)13/h2-4,8,16H,1,5-7H2. The summed E-state index contributed by atoms with van der Waals surface area (Å²) in [7, 11) is 0. The Labute approximate surface area is 115 Å². The minimum absolute atomic E-state index is 0.0335. The molecular formula is C12H13ClN2O4. The van der Waals surface area contributed by atoms with Crippen LogP contribution >= 0.6 is 11.6 Å². The molecule has 0 unspecified atom stereocenters. The summed E-state index contributed by atoms with van der Waals surface area (Å²) >= 11 is 5.88. The lowest BCUT2D eigenvalue weighted by Gasteiger charge is -2.20. The van der Waals surface area contributed by atoms with E-state index in [9.17, 15) is 14.9 Å². The van der Waals surface area contributed by atoms with Gasteiger partial charge >= 0.3 is 0 Å². The van der Waals surface area contributed by atoms with E-state index in [-0.39, 0.29) is 36.0 Å². The first-order chi connectivity index (χ1) is 9.01. The van der Waals surface area contributed by atoms with Crippen molar-refractivity contribution in [1.82, 2.24) is 4.90 Å². The lowest BCUT2D eigenvalue weighted by molar-refractivity contribution is -0.384. The van der Waals surface area contributed by atoms with E-state index in [1.165, 1.54) is 23.1 Å². The number of rotatable bonds is 6. The van der Waals surface area contributed by atoms with Crippen LogP contribution in [0.3, 0.4) is 0 Å². The molecule has 0 saturated carbocycles. The SMILES string of the molecule is C=CCN(CCO)C(=O)c1cc([N+](=O)[O-])ccc1Cl. The number of carbonyl (C=O) groups is 1. The number of carbonyl (C=O) groups excluding carboxylic acids is 1. The van der Waals surface area contributed by atoms with Crippen LogP contribution in [0.25, 0.3) is 0 Å². The van der Waals surface area contributed by atoms with Crippen LogP contribution in [0.1, 0.15) is 10.4 Å². The van der Waals surface area contributed by atoms with Crippen molar-refractivity contribution in [2.75, 3.05) is 19.7 Å². The number of halogens is 1. The van der Waals surface area contributed by atoms with Crippen molar-refractivity contribution in [3.63, 3.8) is 0 Å². The maximum atomic E-state index is 12.2. The largest absolute Gasteiger partial charge is 0.395 e. The van der Waals surface area contributed by atoms with Crippen molar-refractivity contribution in [3.05, 3.63) is 51.6 Å². The molecule has 1 aromatic rings. The number of benzene rings is 1. The molecule has 0 heterocycles. The number of amides is 1. The Morgan fingerprint density at radius 3 is 2.79 bits per heavy atom. The summed E-state index contributed by atoms with van der Waals surface area (Å²) in [6, 6.07) is 3.65. The quantitative estimate of drug-likeness (QED) is 0.491. The summed E-state index contributed by atoms with van der Waals surface area (Å²) in [6.45, 7) is 3.62. The molecule has 0 fully saturated rings. The van der Waals surface area contributed by atoms with E-state index in [0.717, 1.165) is 6.07 Å². The molecule has 0 radical (unpaired) electrons. The van der Waals surface area contributed by atoms with Crippen LogP contribution in [0.4, 0.5) is 5.69 Å². The van der Waals surface area contributed by atoms with Crippen molar-refractivity contribution in [1.29, 1.82) is 0 Å². The molecule has 6 nitrogen and oxygen atoms in total. The van der Waals surface area contributed by atoms with Gasteiger partial charge < -0.3 is 10.0 Å². The predicted molar refractivity (Wildman–Crippen MR) is 71.3 cm³/mol. The van der Waals surface area contributed by atoms with Gasteiger partial charge in [-0.25, -0.2) is 0 Å². The molecule has 0 saturated heterocycles. The molecule has 0 atom stereocenters. The van der Waals surface area contributed by atoms with E-state index < -0.39 is 10.8 Å². The molecule has 1 aromatic carbocycles. The Kier molecular flexibility index (Phi) is 5.47. The van der Waals surface area contributed by atoms with Gasteiger partial charge in [0.25, 0.3) is 11.6 Å². The highest BCUT2D eigenvalue weighted by molar-refractivity contribution is 6.33. The van der Waals surface area contributed by atoms with Crippen LogP contribution < -0.4 is 0 Å². The molecule has 0 spiro atoms. The van der Waals surface area contributed by atoms with E-state index in [2.05, 4.69) is 6.58 Å². The first kappa shape index (κ1) is 15.1. The summed E-state index contributed by atoms with van der Waals surface area (Å²) in [5, 5.41) is 19.7. The van der Waals surface area contributed by atoms with Crippen molar-refractivity contribution in [2.45, 2.75) is 0 Å². The van der Waals surface area contributed by atoms with Crippen molar-refractivity contribution in [3.8, 4) is 0 Å². The molecule has 1 N–H and O–H groups in total. The number of aliphatic hydroxyl groups is 1. The molecule has 102 valence electrons. The molecule has 0 aliphatic rings. The second-order valence-electron chi connectivity index (χ2n) is 3.68. The second kappa shape index (κ2) is 6.86. The van der Waals surface area contributed by atoms with E-state index >= 15 is 0 Å². The van der Waals surface area contributed by atoms with E-state index in [4.69, 9.17) is 16.7 Å². The fourth-order valence-corrected chi connectivity index (χ4v) is 1.71. The molecule has 19 heavy (non-hydrogen) atoms. The van der Waals surface area contributed by atoms with Crippen LogP contribution in [0.15, 0.2) is 30.9 Å². The van der Waals surface area contributed by atoms with Gasteiger partial charge in [-0.1, -0.05) is 17.7 Å². The topological polar surface area (TPSA) is 83.7 Å². The van der Waals surface area contributed by atoms with Gasteiger partial charge in [-0.3, -0.25) is 14.9 Å². The second-order valence-corrected chi connectivity index (χ2v) is 4.09. The lowest BCUT2D eigenvalue weighted by atomic mass is 10.1. The Morgan fingerprint density at radius 1 is 1.58 bits per heavy atom. The fourth-order valence-electron chi connectivity index (χ4n) is 1.51.